The van der Waals surface area contributed by atoms with E-state index >= 15 is 0 Å². The van der Waals surface area contributed by atoms with Gasteiger partial charge in [-0.05, 0) is 43.5 Å². The van der Waals surface area contributed by atoms with E-state index in [0.717, 1.165) is 30.8 Å². The van der Waals surface area contributed by atoms with E-state index in [0.29, 0.717) is 0 Å². The fourth-order valence-electron chi connectivity index (χ4n) is 1.87. The summed E-state index contributed by atoms with van der Waals surface area (Å²) in [4.78, 5) is 0. The lowest BCUT2D eigenvalue weighted by Crippen LogP contribution is -2.25. The Morgan fingerprint density at radius 3 is 2.33 bits per heavy atom. The van der Waals surface area contributed by atoms with Crippen LogP contribution in [0.25, 0.3) is 0 Å². The highest BCUT2D eigenvalue weighted by atomic mass is 16.5. The predicted molar refractivity (Wildman–Crippen MR) is 57.3 cm³/mol. The van der Waals surface area contributed by atoms with Gasteiger partial charge in [0.05, 0.1) is 13.2 Å². The van der Waals surface area contributed by atoms with Crippen molar-refractivity contribution in [3.8, 4) is 11.5 Å². The lowest BCUT2D eigenvalue weighted by molar-refractivity contribution is 0.0604. The summed E-state index contributed by atoms with van der Waals surface area (Å²) in [6.45, 7) is 0. The fraction of sp³-hybridized carbons (Fsp3) is 0.500. The molecule has 0 aliphatic heterocycles. The van der Waals surface area contributed by atoms with Gasteiger partial charge < -0.3 is 14.6 Å². The maximum absolute atomic E-state index is 9.60. The van der Waals surface area contributed by atoms with Gasteiger partial charge in [0.15, 0.2) is 0 Å². The first-order chi connectivity index (χ1) is 7.29. The van der Waals surface area contributed by atoms with Gasteiger partial charge in [0.25, 0.3) is 0 Å². The number of aliphatic hydroxyl groups is 1. The van der Waals surface area contributed by atoms with Gasteiger partial charge in [-0.1, -0.05) is 0 Å². The van der Waals surface area contributed by atoms with Crippen LogP contribution in [0.5, 0.6) is 11.5 Å². The predicted octanol–water partition coefficient (Wildman–Crippen LogP) is 1.99. The maximum Gasteiger partial charge on any atom is 0.124 e. The topological polar surface area (TPSA) is 38.7 Å². The van der Waals surface area contributed by atoms with E-state index in [1.807, 2.05) is 24.3 Å². The Labute approximate surface area is 89.6 Å². The van der Waals surface area contributed by atoms with Crippen molar-refractivity contribution in [2.75, 3.05) is 7.11 Å². The monoisotopic (exact) mass is 208 g/mol. The van der Waals surface area contributed by atoms with Crippen LogP contribution in [-0.4, -0.2) is 24.4 Å². The Balaban J connectivity index is 1.98. The summed E-state index contributed by atoms with van der Waals surface area (Å²) in [5.41, 5.74) is 0. The molecule has 1 N–H and O–H groups in total. The first-order valence-electron chi connectivity index (χ1n) is 5.28. The van der Waals surface area contributed by atoms with E-state index in [4.69, 9.17) is 9.47 Å². The lowest BCUT2D eigenvalue weighted by Gasteiger charge is -2.17. The summed E-state index contributed by atoms with van der Waals surface area (Å²) in [5.74, 6) is 1.61. The third-order valence-corrected chi connectivity index (χ3v) is 2.76. The minimum absolute atomic E-state index is 0.0432. The van der Waals surface area contributed by atoms with Crippen LogP contribution in [0.1, 0.15) is 19.3 Å². The first kappa shape index (κ1) is 10.3. The molecule has 82 valence electrons. The van der Waals surface area contributed by atoms with Gasteiger partial charge in [0.1, 0.15) is 17.6 Å². The van der Waals surface area contributed by atoms with E-state index in [2.05, 4.69) is 0 Å². The molecule has 0 saturated heterocycles. The second-order valence-electron chi connectivity index (χ2n) is 3.83. The molecule has 0 heterocycles. The van der Waals surface area contributed by atoms with E-state index in [1.165, 1.54) is 0 Å². The number of hydrogen-bond donors (Lipinski definition) is 1. The molecule has 2 rings (SSSR count). The SMILES string of the molecule is COc1ccc(O[C@@H]2CCC[C@H]2O)cc1. The molecular weight excluding hydrogens is 192 g/mol. The van der Waals surface area contributed by atoms with Crippen LogP contribution in [0, 0.1) is 0 Å². The molecule has 15 heavy (non-hydrogen) atoms. The summed E-state index contributed by atoms with van der Waals surface area (Å²) in [6, 6.07) is 7.45. The summed E-state index contributed by atoms with van der Waals surface area (Å²) < 4.78 is 10.7. The normalized spacial score (nSPS) is 25.2. The van der Waals surface area contributed by atoms with Crippen LogP contribution in [0.4, 0.5) is 0 Å². The van der Waals surface area contributed by atoms with E-state index in [1.54, 1.807) is 7.11 Å². The van der Waals surface area contributed by atoms with E-state index in [9.17, 15) is 5.11 Å². The second-order valence-corrected chi connectivity index (χ2v) is 3.83. The molecule has 1 fully saturated rings. The Morgan fingerprint density at radius 1 is 1.13 bits per heavy atom. The van der Waals surface area contributed by atoms with E-state index < -0.39 is 0 Å². The zero-order valence-corrected chi connectivity index (χ0v) is 8.85. The summed E-state index contributed by atoms with van der Waals surface area (Å²) >= 11 is 0. The summed E-state index contributed by atoms with van der Waals surface area (Å²) in [7, 11) is 1.64. The Kier molecular flexibility index (Phi) is 3.11. The van der Waals surface area contributed by atoms with Crippen molar-refractivity contribution in [3.63, 3.8) is 0 Å². The average molecular weight is 208 g/mol. The molecular formula is C12H16O3. The van der Waals surface area contributed by atoms with Crippen LogP contribution in [-0.2, 0) is 0 Å². The van der Waals surface area contributed by atoms with Crippen molar-refractivity contribution in [1.29, 1.82) is 0 Å². The van der Waals surface area contributed by atoms with Crippen molar-refractivity contribution >= 4 is 0 Å². The Hall–Kier alpha value is -1.22. The summed E-state index contributed by atoms with van der Waals surface area (Å²) in [6.07, 6.45) is 2.47. The van der Waals surface area contributed by atoms with Crippen molar-refractivity contribution in [3.05, 3.63) is 24.3 Å². The van der Waals surface area contributed by atoms with Crippen LogP contribution in [0.3, 0.4) is 0 Å². The highest BCUT2D eigenvalue weighted by Crippen LogP contribution is 2.25. The third-order valence-electron chi connectivity index (χ3n) is 2.76. The molecule has 0 spiro atoms. The minimum atomic E-state index is -0.313. The molecule has 0 unspecified atom stereocenters. The van der Waals surface area contributed by atoms with Gasteiger partial charge in [-0.15, -0.1) is 0 Å². The van der Waals surface area contributed by atoms with E-state index in [-0.39, 0.29) is 12.2 Å². The average Bonchev–Trinajstić information content (AvgIpc) is 2.66. The fourth-order valence-corrected chi connectivity index (χ4v) is 1.87. The van der Waals surface area contributed by atoms with Gasteiger partial charge in [0.2, 0.25) is 0 Å². The van der Waals surface area contributed by atoms with Crippen molar-refractivity contribution in [2.24, 2.45) is 0 Å². The molecule has 1 aromatic carbocycles. The molecule has 1 aliphatic rings. The van der Waals surface area contributed by atoms with Crippen molar-refractivity contribution < 1.29 is 14.6 Å². The molecule has 0 aromatic heterocycles. The Bertz CT molecular complexity index is 307. The zero-order valence-electron chi connectivity index (χ0n) is 8.85. The van der Waals surface area contributed by atoms with Crippen molar-refractivity contribution in [1.82, 2.24) is 0 Å². The van der Waals surface area contributed by atoms with Crippen LogP contribution in [0.2, 0.25) is 0 Å². The quantitative estimate of drug-likeness (QED) is 0.825. The Morgan fingerprint density at radius 2 is 1.80 bits per heavy atom. The highest BCUT2D eigenvalue weighted by Gasteiger charge is 2.26. The van der Waals surface area contributed by atoms with Crippen molar-refractivity contribution in [2.45, 2.75) is 31.5 Å². The third kappa shape index (κ3) is 2.42. The molecule has 3 nitrogen and oxygen atoms in total. The van der Waals surface area contributed by atoms with Gasteiger partial charge in [-0.3, -0.25) is 0 Å². The zero-order chi connectivity index (χ0) is 10.7. The highest BCUT2D eigenvalue weighted by molar-refractivity contribution is 5.31. The second kappa shape index (κ2) is 4.53. The molecule has 3 heteroatoms. The minimum Gasteiger partial charge on any atom is -0.497 e. The number of rotatable bonds is 3. The van der Waals surface area contributed by atoms with Gasteiger partial charge in [0, 0.05) is 0 Å². The molecule has 1 aliphatic carbocycles. The van der Waals surface area contributed by atoms with Crippen LogP contribution in [0.15, 0.2) is 24.3 Å². The molecule has 2 atom stereocenters. The maximum atomic E-state index is 9.60. The number of ether oxygens (including phenoxy) is 2. The number of hydrogen-bond acceptors (Lipinski definition) is 3. The largest absolute Gasteiger partial charge is 0.497 e. The molecule has 1 saturated carbocycles. The number of benzene rings is 1. The van der Waals surface area contributed by atoms with Gasteiger partial charge in [-0.2, -0.15) is 0 Å². The lowest BCUT2D eigenvalue weighted by atomic mass is 10.2. The molecule has 0 amide bonds. The standard InChI is InChI=1S/C12H16O3/c1-14-9-5-7-10(8-6-9)15-12-4-2-3-11(12)13/h5-8,11-13H,2-4H2,1H3/t11-,12-/m1/s1. The molecule has 0 radical (unpaired) electrons. The summed E-state index contributed by atoms with van der Waals surface area (Å²) in [5, 5.41) is 9.60. The van der Waals surface area contributed by atoms with Gasteiger partial charge in [-0.25, -0.2) is 0 Å². The van der Waals surface area contributed by atoms with Crippen LogP contribution < -0.4 is 9.47 Å². The number of methoxy groups -OCH3 is 1. The van der Waals surface area contributed by atoms with Gasteiger partial charge >= 0.3 is 0 Å². The first-order valence-corrected chi connectivity index (χ1v) is 5.28. The molecule has 0 bridgehead atoms. The smallest absolute Gasteiger partial charge is 0.124 e. The molecule has 1 aromatic rings. The number of aliphatic hydroxyl groups excluding tert-OH is 1. The van der Waals surface area contributed by atoms with Crippen LogP contribution >= 0.6 is 0 Å².